The van der Waals surface area contributed by atoms with Gasteiger partial charge in [-0.15, -0.1) is 0 Å². The zero-order valence-corrected chi connectivity index (χ0v) is 19.0. The molecule has 0 saturated carbocycles. The number of rotatable bonds is 3. The normalized spacial score (nSPS) is 17.6. The summed E-state index contributed by atoms with van der Waals surface area (Å²) in [7, 11) is 0. The van der Waals surface area contributed by atoms with Gasteiger partial charge >= 0.3 is 0 Å². The van der Waals surface area contributed by atoms with Crippen LogP contribution in [0.1, 0.15) is 23.2 Å². The number of hydrogen-bond donors (Lipinski definition) is 1. The van der Waals surface area contributed by atoms with Gasteiger partial charge in [-0.3, -0.25) is 5.32 Å². The highest BCUT2D eigenvalue weighted by atomic mass is 16.3. The number of benzene rings is 5. The summed E-state index contributed by atoms with van der Waals surface area (Å²) in [6.45, 7) is 0. The van der Waals surface area contributed by atoms with Crippen molar-refractivity contribution in [1.82, 2.24) is 9.88 Å². The predicted octanol–water partition coefficient (Wildman–Crippen LogP) is 8.07. The minimum atomic E-state index is 0.375. The second-order valence-electron chi connectivity index (χ2n) is 9.44. The monoisotopic (exact) mass is 450 g/mol. The van der Waals surface area contributed by atoms with Crippen molar-refractivity contribution in [1.29, 1.82) is 0 Å². The van der Waals surface area contributed by atoms with Crippen molar-refractivity contribution in [2.24, 2.45) is 0 Å². The molecule has 166 valence electrons. The Morgan fingerprint density at radius 3 is 2.03 bits per heavy atom. The molecular formula is C32H22N2O. The average Bonchev–Trinajstić information content (AvgIpc) is 3.55. The predicted molar refractivity (Wildman–Crippen MR) is 143 cm³/mol. The number of para-hydroxylation sites is 2. The van der Waals surface area contributed by atoms with Crippen molar-refractivity contribution >= 4 is 43.7 Å². The van der Waals surface area contributed by atoms with Gasteiger partial charge in [0, 0.05) is 33.3 Å². The van der Waals surface area contributed by atoms with Crippen LogP contribution in [0.3, 0.4) is 0 Å². The fourth-order valence-electron chi connectivity index (χ4n) is 5.67. The molecule has 2 atom stereocenters. The lowest BCUT2D eigenvalue weighted by molar-refractivity contribution is 0.669. The van der Waals surface area contributed by atoms with Crippen LogP contribution >= 0.6 is 0 Å². The van der Waals surface area contributed by atoms with Gasteiger partial charge in [0.25, 0.3) is 0 Å². The highest BCUT2D eigenvalue weighted by Crippen LogP contribution is 2.43. The van der Waals surface area contributed by atoms with E-state index in [0.717, 1.165) is 33.1 Å². The molecule has 2 aromatic heterocycles. The summed E-state index contributed by atoms with van der Waals surface area (Å²) in [4.78, 5) is 0. The maximum Gasteiger partial charge on any atom is 0.137 e. The summed E-state index contributed by atoms with van der Waals surface area (Å²) in [6.07, 6.45) is 0. The molecule has 0 aliphatic carbocycles. The first-order valence-corrected chi connectivity index (χ1v) is 12.1. The minimum absolute atomic E-state index is 0.375. The van der Waals surface area contributed by atoms with E-state index in [1.165, 1.54) is 27.4 Å². The van der Waals surface area contributed by atoms with Gasteiger partial charge in [-0.25, -0.2) is 0 Å². The molecule has 3 heteroatoms. The molecule has 1 saturated heterocycles. The quantitative estimate of drug-likeness (QED) is 0.277. The van der Waals surface area contributed by atoms with Crippen LogP contribution in [0.15, 0.2) is 120 Å². The van der Waals surface area contributed by atoms with E-state index in [-0.39, 0.29) is 0 Å². The molecule has 1 N–H and O–H groups in total. The van der Waals surface area contributed by atoms with E-state index < -0.39 is 0 Å². The van der Waals surface area contributed by atoms with Crippen molar-refractivity contribution < 1.29 is 4.42 Å². The molecule has 3 heterocycles. The second-order valence-corrected chi connectivity index (χ2v) is 9.44. The van der Waals surface area contributed by atoms with Gasteiger partial charge in [-0.2, -0.15) is 0 Å². The Morgan fingerprint density at radius 2 is 1.20 bits per heavy atom. The first kappa shape index (κ1) is 19.0. The SMILES string of the molecule is c1ccc(C2N[C@H]2c2ccc(-n3c4ccccc4c4cc5c(cc43)oc3ccccc35)cc2)cc1. The van der Waals surface area contributed by atoms with Gasteiger partial charge < -0.3 is 8.98 Å². The molecular weight excluding hydrogens is 428 g/mol. The Bertz CT molecular complexity index is 1880. The molecule has 7 aromatic rings. The first-order chi connectivity index (χ1) is 17.3. The van der Waals surface area contributed by atoms with Crippen LogP contribution in [0.2, 0.25) is 0 Å². The van der Waals surface area contributed by atoms with E-state index in [1.807, 2.05) is 12.1 Å². The lowest BCUT2D eigenvalue weighted by Gasteiger charge is -2.09. The van der Waals surface area contributed by atoms with E-state index in [9.17, 15) is 0 Å². The standard InChI is InChI=1S/C32H22N2O/c1-2-8-20(9-3-1)31-32(33-31)21-14-16-22(17-15-21)34-27-12-6-4-10-23(27)25-18-26-24-11-5-7-13-29(24)35-30(26)19-28(25)34/h1-19,31-33H/t31?,32-/m0/s1. The van der Waals surface area contributed by atoms with Gasteiger partial charge in [0.15, 0.2) is 0 Å². The maximum atomic E-state index is 6.24. The third-order valence-electron chi connectivity index (χ3n) is 7.42. The molecule has 0 spiro atoms. The third-order valence-corrected chi connectivity index (χ3v) is 7.42. The van der Waals surface area contributed by atoms with E-state index >= 15 is 0 Å². The Hall–Kier alpha value is -4.34. The third kappa shape index (κ3) is 2.82. The lowest BCUT2D eigenvalue weighted by Crippen LogP contribution is -1.94. The van der Waals surface area contributed by atoms with E-state index in [4.69, 9.17) is 4.42 Å². The Labute approximate surface area is 202 Å². The molecule has 0 bridgehead atoms. The summed E-state index contributed by atoms with van der Waals surface area (Å²) < 4.78 is 8.60. The van der Waals surface area contributed by atoms with Gasteiger partial charge in [-0.1, -0.05) is 78.9 Å². The highest BCUT2D eigenvalue weighted by Gasteiger charge is 2.38. The van der Waals surface area contributed by atoms with Crippen molar-refractivity contribution in [2.45, 2.75) is 12.1 Å². The van der Waals surface area contributed by atoms with Crippen molar-refractivity contribution in [3.8, 4) is 5.69 Å². The second kappa shape index (κ2) is 7.08. The van der Waals surface area contributed by atoms with Gasteiger partial charge in [0.05, 0.1) is 23.1 Å². The van der Waals surface area contributed by atoms with Crippen LogP contribution < -0.4 is 5.32 Å². The first-order valence-electron chi connectivity index (χ1n) is 12.1. The van der Waals surface area contributed by atoms with E-state index in [1.54, 1.807) is 0 Å². The highest BCUT2D eigenvalue weighted by molar-refractivity contribution is 6.17. The molecule has 8 rings (SSSR count). The van der Waals surface area contributed by atoms with Crippen molar-refractivity contribution in [3.63, 3.8) is 0 Å². The zero-order chi connectivity index (χ0) is 22.9. The number of hydrogen-bond acceptors (Lipinski definition) is 2. The van der Waals surface area contributed by atoms with Crippen LogP contribution in [0.5, 0.6) is 0 Å². The summed E-state index contributed by atoms with van der Waals surface area (Å²) in [5.41, 5.74) is 8.05. The van der Waals surface area contributed by atoms with Crippen LogP contribution in [-0.2, 0) is 0 Å². The molecule has 0 radical (unpaired) electrons. The van der Waals surface area contributed by atoms with Gasteiger partial charge in [0.1, 0.15) is 11.2 Å². The maximum absolute atomic E-state index is 6.24. The summed E-state index contributed by atoms with van der Waals surface area (Å²) in [5.74, 6) is 0. The molecule has 35 heavy (non-hydrogen) atoms. The van der Waals surface area contributed by atoms with Gasteiger partial charge in [0.2, 0.25) is 0 Å². The molecule has 3 nitrogen and oxygen atoms in total. The Kier molecular flexibility index (Phi) is 3.85. The summed E-state index contributed by atoms with van der Waals surface area (Å²) in [5, 5.41) is 8.46. The fourth-order valence-corrected chi connectivity index (χ4v) is 5.67. The fraction of sp³-hybridized carbons (Fsp3) is 0.0625. The van der Waals surface area contributed by atoms with E-state index in [2.05, 4.69) is 113 Å². The molecule has 1 aliphatic heterocycles. The lowest BCUT2D eigenvalue weighted by atomic mass is 10.0. The van der Waals surface area contributed by atoms with Gasteiger partial charge in [-0.05, 0) is 41.5 Å². The molecule has 5 aromatic carbocycles. The Balaban J connectivity index is 1.28. The summed E-state index contributed by atoms with van der Waals surface area (Å²) >= 11 is 0. The van der Waals surface area contributed by atoms with E-state index in [0.29, 0.717) is 12.1 Å². The van der Waals surface area contributed by atoms with Crippen molar-refractivity contribution in [3.05, 3.63) is 126 Å². The summed E-state index contributed by atoms with van der Waals surface area (Å²) in [6, 6.07) is 41.9. The number of nitrogens with one attached hydrogen (secondary N) is 1. The van der Waals surface area contributed by atoms with Crippen LogP contribution in [0, 0.1) is 0 Å². The molecule has 1 aliphatic rings. The zero-order valence-electron chi connectivity index (χ0n) is 19.0. The molecule has 0 amide bonds. The number of furan rings is 1. The smallest absolute Gasteiger partial charge is 0.137 e. The molecule has 1 fully saturated rings. The van der Waals surface area contributed by atoms with Crippen LogP contribution in [0.25, 0.3) is 49.4 Å². The van der Waals surface area contributed by atoms with Crippen molar-refractivity contribution in [2.75, 3.05) is 0 Å². The molecule has 1 unspecified atom stereocenters. The minimum Gasteiger partial charge on any atom is -0.456 e. The van der Waals surface area contributed by atoms with Crippen LogP contribution in [0.4, 0.5) is 0 Å². The number of aromatic nitrogens is 1. The largest absolute Gasteiger partial charge is 0.456 e. The topological polar surface area (TPSA) is 40.0 Å². The van der Waals surface area contributed by atoms with Crippen LogP contribution in [-0.4, -0.2) is 4.57 Å². The Morgan fingerprint density at radius 1 is 0.514 bits per heavy atom. The number of nitrogens with zero attached hydrogens (tertiary/aromatic N) is 1. The average molecular weight is 451 g/mol. The number of fused-ring (bicyclic) bond motifs is 6.